The third-order valence-corrected chi connectivity index (χ3v) is 1.57. The molecule has 56 valence electrons. The van der Waals surface area contributed by atoms with Gasteiger partial charge in [0.1, 0.15) is 0 Å². The molecule has 0 saturated carbocycles. The van der Waals surface area contributed by atoms with Crippen molar-refractivity contribution in [3.63, 3.8) is 0 Å². The molecule has 0 heterocycles. The van der Waals surface area contributed by atoms with Gasteiger partial charge >= 0.3 is 0 Å². The van der Waals surface area contributed by atoms with Gasteiger partial charge in [0.2, 0.25) is 0 Å². The maximum atomic E-state index is 3.82. The van der Waals surface area contributed by atoms with E-state index in [1.165, 1.54) is 11.1 Å². The fraction of sp³-hybridized carbons (Fsp3) is 0.444. The van der Waals surface area contributed by atoms with Crippen LogP contribution in [-0.2, 0) is 0 Å². The van der Waals surface area contributed by atoms with E-state index in [1.807, 2.05) is 13.8 Å². The number of allylic oxidation sites excluding steroid dienone is 2. The number of rotatable bonds is 3. The van der Waals surface area contributed by atoms with Gasteiger partial charge in [0, 0.05) is 0 Å². The molecule has 0 saturated heterocycles. The van der Waals surface area contributed by atoms with Gasteiger partial charge in [-0.1, -0.05) is 17.7 Å². The zero-order valence-electron chi connectivity index (χ0n) is 7.02. The molecule has 0 aliphatic heterocycles. The van der Waals surface area contributed by atoms with Crippen molar-refractivity contribution in [1.82, 2.24) is 0 Å². The summed E-state index contributed by atoms with van der Waals surface area (Å²) in [6.07, 6.45) is 4.16. The lowest BCUT2D eigenvalue weighted by molar-refractivity contribution is 1.14. The van der Waals surface area contributed by atoms with Crippen LogP contribution >= 0.6 is 0 Å². The molecule has 0 amide bonds. The first-order valence-corrected chi connectivity index (χ1v) is 3.47. The van der Waals surface area contributed by atoms with Gasteiger partial charge in [0.05, 0.1) is 6.54 Å². The van der Waals surface area contributed by atoms with Gasteiger partial charge in [-0.3, -0.25) is 4.99 Å². The Kier molecular flexibility index (Phi) is 4.55. The molecule has 0 unspecified atom stereocenters. The van der Waals surface area contributed by atoms with Crippen LogP contribution in [0.3, 0.4) is 0 Å². The number of aliphatic imine (C=N–C) groups is 1. The standard InChI is InChI=1S/C9H15N/c1-5-8(3)9(6-2)7-10-4/h5-6H,4,7H2,1-3H3/b8-5-,9-6-. The van der Waals surface area contributed by atoms with E-state index in [1.54, 1.807) is 0 Å². The molecule has 0 bridgehead atoms. The first kappa shape index (κ1) is 9.15. The third-order valence-electron chi connectivity index (χ3n) is 1.57. The van der Waals surface area contributed by atoms with E-state index in [4.69, 9.17) is 0 Å². The highest BCUT2D eigenvalue weighted by Crippen LogP contribution is 2.08. The smallest absolute Gasteiger partial charge is 0.0631 e. The van der Waals surface area contributed by atoms with Gasteiger partial charge in [0.25, 0.3) is 0 Å². The molecule has 0 aliphatic rings. The highest BCUT2D eigenvalue weighted by Gasteiger charge is 1.93. The van der Waals surface area contributed by atoms with Crippen molar-refractivity contribution >= 4 is 6.72 Å². The van der Waals surface area contributed by atoms with Crippen LogP contribution in [0.15, 0.2) is 28.3 Å². The van der Waals surface area contributed by atoms with Crippen LogP contribution in [0.4, 0.5) is 0 Å². The largest absolute Gasteiger partial charge is 0.296 e. The van der Waals surface area contributed by atoms with E-state index in [0.717, 1.165) is 6.54 Å². The Morgan fingerprint density at radius 1 is 1.40 bits per heavy atom. The van der Waals surface area contributed by atoms with Gasteiger partial charge in [0.15, 0.2) is 0 Å². The quantitative estimate of drug-likeness (QED) is 0.419. The van der Waals surface area contributed by atoms with Crippen LogP contribution in [0.2, 0.25) is 0 Å². The number of nitrogens with zero attached hydrogens (tertiary/aromatic N) is 1. The van der Waals surface area contributed by atoms with Crippen LogP contribution in [0.1, 0.15) is 20.8 Å². The second kappa shape index (κ2) is 4.98. The second-order valence-corrected chi connectivity index (χ2v) is 2.17. The van der Waals surface area contributed by atoms with Gasteiger partial charge < -0.3 is 0 Å². The average Bonchev–Trinajstić information content (AvgIpc) is 1.99. The van der Waals surface area contributed by atoms with Crippen LogP contribution in [0, 0.1) is 0 Å². The van der Waals surface area contributed by atoms with Crippen molar-refractivity contribution < 1.29 is 0 Å². The Balaban J connectivity index is 4.22. The van der Waals surface area contributed by atoms with E-state index in [-0.39, 0.29) is 0 Å². The predicted octanol–water partition coefficient (Wildman–Crippen LogP) is 2.60. The molecule has 10 heavy (non-hydrogen) atoms. The van der Waals surface area contributed by atoms with E-state index < -0.39 is 0 Å². The van der Waals surface area contributed by atoms with Crippen molar-refractivity contribution in [3.8, 4) is 0 Å². The topological polar surface area (TPSA) is 12.4 Å². The highest BCUT2D eigenvalue weighted by atomic mass is 14.7. The summed E-state index contributed by atoms with van der Waals surface area (Å²) in [4.78, 5) is 3.82. The maximum absolute atomic E-state index is 3.82. The van der Waals surface area contributed by atoms with E-state index in [0.29, 0.717) is 0 Å². The summed E-state index contributed by atoms with van der Waals surface area (Å²) in [5.74, 6) is 0. The molecule has 0 spiro atoms. The Morgan fingerprint density at radius 3 is 2.30 bits per heavy atom. The Bertz CT molecular complexity index is 164. The predicted molar refractivity (Wildman–Crippen MR) is 47.6 cm³/mol. The lowest BCUT2D eigenvalue weighted by Crippen LogP contribution is -1.88. The molecule has 0 aromatic carbocycles. The summed E-state index contributed by atoms with van der Waals surface area (Å²) in [5, 5.41) is 0. The molecule has 0 aromatic rings. The minimum atomic E-state index is 0.729. The lowest BCUT2D eigenvalue weighted by atomic mass is 10.1. The van der Waals surface area contributed by atoms with Crippen LogP contribution in [0.25, 0.3) is 0 Å². The summed E-state index contributed by atoms with van der Waals surface area (Å²) in [7, 11) is 0. The minimum absolute atomic E-state index is 0.729. The zero-order chi connectivity index (χ0) is 7.98. The van der Waals surface area contributed by atoms with E-state index in [9.17, 15) is 0 Å². The molecular formula is C9H15N. The fourth-order valence-electron chi connectivity index (χ4n) is 0.750. The van der Waals surface area contributed by atoms with Crippen molar-refractivity contribution in [2.45, 2.75) is 20.8 Å². The molecule has 0 N–H and O–H groups in total. The summed E-state index contributed by atoms with van der Waals surface area (Å²) >= 11 is 0. The first-order valence-electron chi connectivity index (χ1n) is 3.47. The zero-order valence-corrected chi connectivity index (χ0v) is 7.02. The lowest BCUT2D eigenvalue weighted by Gasteiger charge is -2.01. The van der Waals surface area contributed by atoms with Gasteiger partial charge in [-0.2, -0.15) is 0 Å². The average molecular weight is 137 g/mol. The second-order valence-electron chi connectivity index (χ2n) is 2.17. The molecule has 0 atom stereocenters. The van der Waals surface area contributed by atoms with E-state index in [2.05, 4.69) is 30.8 Å². The van der Waals surface area contributed by atoms with Crippen LogP contribution in [0.5, 0.6) is 0 Å². The SMILES string of the molecule is C=NCC(=C/C)/C(C)=C\C. The molecule has 1 nitrogen and oxygen atoms in total. The van der Waals surface area contributed by atoms with Crippen LogP contribution in [-0.4, -0.2) is 13.3 Å². The summed E-state index contributed by atoms with van der Waals surface area (Å²) in [6.45, 7) is 10.3. The van der Waals surface area contributed by atoms with Crippen molar-refractivity contribution in [3.05, 3.63) is 23.3 Å². The van der Waals surface area contributed by atoms with Crippen molar-refractivity contribution in [1.29, 1.82) is 0 Å². The molecule has 0 rings (SSSR count). The molecule has 0 fully saturated rings. The van der Waals surface area contributed by atoms with Gasteiger partial charge in [-0.25, -0.2) is 0 Å². The summed E-state index contributed by atoms with van der Waals surface area (Å²) in [5.41, 5.74) is 2.55. The Morgan fingerprint density at radius 2 is 2.00 bits per heavy atom. The highest BCUT2D eigenvalue weighted by molar-refractivity contribution is 5.32. The molecule has 0 aromatic heterocycles. The third kappa shape index (κ3) is 2.62. The van der Waals surface area contributed by atoms with Gasteiger partial charge in [-0.05, 0) is 33.1 Å². The van der Waals surface area contributed by atoms with Crippen LogP contribution < -0.4 is 0 Å². The van der Waals surface area contributed by atoms with E-state index >= 15 is 0 Å². The first-order chi connectivity index (χ1) is 4.76. The van der Waals surface area contributed by atoms with Crippen molar-refractivity contribution in [2.24, 2.45) is 4.99 Å². The molecule has 1 heteroatoms. The summed E-state index contributed by atoms with van der Waals surface area (Å²) in [6, 6.07) is 0. The number of hydrogen-bond acceptors (Lipinski definition) is 1. The Labute approximate surface area is 63.2 Å². The van der Waals surface area contributed by atoms with Gasteiger partial charge in [-0.15, -0.1) is 0 Å². The fourth-order valence-corrected chi connectivity index (χ4v) is 0.750. The molecule has 0 radical (unpaired) electrons. The molecule has 0 aliphatic carbocycles. The van der Waals surface area contributed by atoms with Crippen molar-refractivity contribution in [2.75, 3.05) is 6.54 Å². The summed E-state index contributed by atoms with van der Waals surface area (Å²) < 4.78 is 0. The normalized spacial score (nSPS) is 13.5. The maximum Gasteiger partial charge on any atom is 0.0631 e. The Hall–Kier alpha value is -0.850. The minimum Gasteiger partial charge on any atom is -0.296 e. The number of hydrogen-bond donors (Lipinski definition) is 0. The monoisotopic (exact) mass is 137 g/mol. The molecular weight excluding hydrogens is 122 g/mol.